The van der Waals surface area contributed by atoms with Gasteiger partial charge in [0.25, 0.3) is 5.56 Å². The number of hydrogen-bond acceptors (Lipinski definition) is 8. The number of esters is 1. The summed E-state index contributed by atoms with van der Waals surface area (Å²) in [4.78, 5) is 30.8. The first kappa shape index (κ1) is 24.4. The Bertz CT molecular complexity index is 1230. The topological polar surface area (TPSA) is 88.9 Å². The lowest BCUT2D eigenvalue weighted by Crippen LogP contribution is -2.26. The molecule has 33 heavy (non-hydrogen) atoms. The molecule has 0 atom stereocenters. The first-order valence-electron chi connectivity index (χ1n) is 10.3. The number of carbonyl (C=O) groups is 1. The molecular weight excluding hydrogens is 444 g/mol. The van der Waals surface area contributed by atoms with Crippen LogP contribution in [-0.4, -0.2) is 48.2 Å². The van der Waals surface area contributed by atoms with Crippen molar-refractivity contribution in [2.75, 3.05) is 27.1 Å². The van der Waals surface area contributed by atoms with E-state index in [4.69, 9.17) is 23.9 Å². The van der Waals surface area contributed by atoms with Gasteiger partial charge in [0.05, 0.1) is 38.2 Å². The molecule has 0 aliphatic rings. The van der Waals surface area contributed by atoms with Gasteiger partial charge in [0.1, 0.15) is 11.1 Å². The Kier molecular flexibility index (Phi) is 7.22. The average molecular weight is 473 g/mol. The molecule has 3 aromatic rings. The Hall–Kier alpha value is -3.20. The van der Waals surface area contributed by atoms with Crippen LogP contribution in [0.4, 0.5) is 0 Å². The van der Waals surface area contributed by atoms with Crippen LogP contribution < -0.4 is 19.8 Å². The van der Waals surface area contributed by atoms with E-state index in [2.05, 4.69) is 0 Å². The van der Waals surface area contributed by atoms with Crippen molar-refractivity contribution in [3.05, 3.63) is 46.2 Å². The molecule has 8 nitrogen and oxygen atoms in total. The van der Waals surface area contributed by atoms with E-state index in [1.807, 2.05) is 31.2 Å². The van der Waals surface area contributed by atoms with E-state index < -0.39 is 11.6 Å². The minimum absolute atomic E-state index is 0.0172. The molecule has 1 heterocycles. The molecule has 0 fully saturated rings. The van der Waals surface area contributed by atoms with Gasteiger partial charge < -0.3 is 18.9 Å². The second kappa shape index (κ2) is 9.74. The molecule has 2 aromatic carbocycles. The second-order valence-electron chi connectivity index (χ2n) is 8.29. The van der Waals surface area contributed by atoms with Gasteiger partial charge in [-0.25, -0.2) is 4.98 Å². The smallest absolute Gasteiger partial charge is 0.316 e. The maximum absolute atomic E-state index is 13.7. The van der Waals surface area contributed by atoms with E-state index in [0.717, 1.165) is 17.3 Å². The first-order valence-corrected chi connectivity index (χ1v) is 11.3. The molecule has 1 aromatic heterocycles. The lowest BCUT2D eigenvalue weighted by molar-refractivity contribution is -0.151. The van der Waals surface area contributed by atoms with Crippen molar-refractivity contribution in [3.8, 4) is 22.9 Å². The molecule has 3 rings (SSSR count). The van der Waals surface area contributed by atoms with Crippen LogP contribution in [0.15, 0.2) is 40.3 Å². The molecule has 9 heteroatoms. The minimum atomic E-state index is -0.613. The van der Waals surface area contributed by atoms with Crippen molar-refractivity contribution in [1.29, 1.82) is 0 Å². The molecule has 0 amide bonds. The van der Waals surface area contributed by atoms with Crippen LogP contribution in [0.2, 0.25) is 0 Å². The second-order valence-corrected chi connectivity index (χ2v) is 9.23. The molecule has 0 aliphatic carbocycles. The third kappa shape index (κ3) is 5.24. The highest BCUT2D eigenvalue weighted by Gasteiger charge is 2.24. The van der Waals surface area contributed by atoms with Crippen LogP contribution in [0.1, 0.15) is 26.3 Å². The minimum Gasteiger partial charge on any atom is -0.493 e. The number of fused-ring (bicyclic) bond motifs is 1. The summed E-state index contributed by atoms with van der Waals surface area (Å²) in [5.74, 6) is 0.535. The Morgan fingerprint density at radius 1 is 1.03 bits per heavy atom. The van der Waals surface area contributed by atoms with E-state index in [-0.39, 0.29) is 17.1 Å². The summed E-state index contributed by atoms with van der Waals surface area (Å²) in [5.41, 5.74) is 1.06. The van der Waals surface area contributed by atoms with E-state index in [1.54, 1.807) is 26.8 Å². The zero-order valence-electron chi connectivity index (χ0n) is 19.8. The summed E-state index contributed by atoms with van der Waals surface area (Å²) in [6.07, 6.45) is 0. The van der Waals surface area contributed by atoms with Crippen LogP contribution in [0.3, 0.4) is 0 Å². The number of carbonyl (C=O) groups excluding carboxylic acids is 1. The number of nitrogens with zero attached hydrogens (tertiary/aromatic N) is 2. The predicted molar refractivity (Wildman–Crippen MR) is 128 cm³/mol. The molecule has 0 unspecified atom stereocenters. The Labute approximate surface area is 196 Å². The summed E-state index contributed by atoms with van der Waals surface area (Å²) in [7, 11) is 4.44. The van der Waals surface area contributed by atoms with Crippen molar-refractivity contribution in [3.63, 3.8) is 0 Å². The highest BCUT2D eigenvalue weighted by Crippen LogP contribution is 2.42. The molecule has 176 valence electrons. The number of hydrogen-bond donors (Lipinski definition) is 0. The number of methoxy groups -OCH3 is 3. The fourth-order valence-electron chi connectivity index (χ4n) is 3.28. The quantitative estimate of drug-likeness (QED) is 0.288. The SMILES string of the molecule is COc1cc2c(=O)n(-c3ccc(C)cc3)c(SCC(=O)OC(C)(C)C)nc2c(OC)c1OC. The van der Waals surface area contributed by atoms with Gasteiger partial charge in [0, 0.05) is 0 Å². The van der Waals surface area contributed by atoms with Crippen molar-refractivity contribution in [2.45, 2.75) is 38.5 Å². The third-order valence-corrected chi connectivity index (χ3v) is 5.58. The van der Waals surface area contributed by atoms with Crippen LogP contribution >= 0.6 is 11.8 Å². The lowest BCUT2D eigenvalue weighted by Gasteiger charge is -2.20. The molecular formula is C24H28N2O6S. The number of aryl methyl sites for hydroxylation is 1. The summed E-state index contributed by atoms with van der Waals surface area (Å²) in [6, 6.07) is 9.06. The highest BCUT2D eigenvalue weighted by atomic mass is 32.2. The van der Waals surface area contributed by atoms with Crippen LogP contribution in [0, 0.1) is 6.92 Å². The van der Waals surface area contributed by atoms with Gasteiger partial charge in [-0.2, -0.15) is 0 Å². The molecule has 0 radical (unpaired) electrons. The molecule has 0 spiro atoms. The van der Waals surface area contributed by atoms with Gasteiger partial charge in [-0.3, -0.25) is 14.2 Å². The van der Waals surface area contributed by atoms with Crippen molar-refractivity contribution >= 4 is 28.6 Å². The Morgan fingerprint density at radius 2 is 1.67 bits per heavy atom. The van der Waals surface area contributed by atoms with Gasteiger partial charge in [-0.1, -0.05) is 29.5 Å². The van der Waals surface area contributed by atoms with Gasteiger partial charge in [0.2, 0.25) is 5.75 Å². The first-order chi connectivity index (χ1) is 15.6. The van der Waals surface area contributed by atoms with Crippen LogP contribution in [0.5, 0.6) is 17.2 Å². The fourth-order valence-corrected chi connectivity index (χ4v) is 4.06. The van der Waals surface area contributed by atoms with E-state index in [0.29, 0.717) is 33.2 Å². The number of aromatic nitrogens is 2. The summed E-state index contributed by atoms with van der Waals surface area (Å²) >= 11 is 1.12. The van der Waals surface area contributed by atoms with E-state index in [1.165, 1.54) is 25.9 Å². The largest absolute Gasteiger partial charge is 0.493 e. The van der Waals surface area contributed by atoms with Gasteiger partial charge >= 0.3 is 5.97 Å². The zero-order valence-corrected chi connectivity index (χ0v) is 20.7. The zero-order chi connectivity index (χ0) is 24.3. The molecule has 0 saturated carbocycles. The standard InChI is InChI=1S/C24H28N2O6S/c1-14-8-10-15(11-9-14)26-22(28)16-12-17(29-5)20(30-6)21(31-7)19(16)25-23(26)33-13-18(27)32-24(2,3)4/h8-12H,13H2,1-7H3. The summed E-state index contributed by atoms with van der Waals surface area (Å²) < 4.78 is 23.3. The van der Waals surface area contributed by atoms with E-state index in [9.17, 15) is 9.59 Å². The van der Waals surface area contributed by atoms with Crippen molar-refractivity contribution in [2.24, 2.45) is 0 Å². The average Bonchev–Trinajstić information content (AvgIpc) is 2.76. The monoisotopic (exact) mass is 472 g/mol. The third-order valence-electron chi connectivity index (χ3n) is 4.67. The Morgan fingerprint density at radius 3 is 2.21 bits per heavy atom. The summed E-state index contributed by atoms with van der Waals surface area (Å²) in [5, 5.41) is 0.624. The maximum atomic E-state index is 13.7. The van der Waals surface area contributed by atoms with Gasteiger partial charge in [0.15, 0.2) is 16.7 Å². The maximum Gasteiger partial charge on any atom is 0.316 e. The van der Waals surface area contributed by atoms with Gasteiger partial charge in [-0.15, -0.1) is 0 Å². The van der Waals surface area contributed by atoms with E-state index >= 15 is 0 Å². The molecule has 0 N–H and O–H groups in total. The number of benzene rings is 2. The Balaban J connectivity index is 2.25. The lowest BCUT2D eigenvalue weighted by atomic mass is 10.2. The number of rotatable bonds is 7. The van der Waals surface area contributed by atoms with Gasteiger partial charge in [-0.05, 0) is 45.9 Å². The number of thioether (sulfide) groups is 1. The van der Waals surface area contributed by atoms with Crippen molar-refractivity contribution in [1.82, 2.24) is 9.55 Å². The molecule has 0 saturated heterocycles. The van der Waals surface area contributed by atoms with Crippen LogP contribution in [-0.2, 0) is 9.53 Å². The predicted octanol–water partition coefficient (Wildman–Crippen LogP) is 4.15. The number of ether oxygens (including phenoxy) is 4. The van der Waals surface area contributed by atoms with Crippen molar-refractivity contribution < 1.29 is 23.7 Å². The molecule has 0 bridgehead atoms. The molecule has 0 aliphatic heterocycles. The highest BCUT2D eigenvalue weighted by molar-refractivity contribution is 7.99. The fraction of sp³-hybridized carbons (Fsp3) is 0.375. The normalized spacial score (nSPS) is 11.4. The van der Waals surface area contributed by atoms with Crippen LogP contribution in [0.25, 0.3) is 16.6 Å². The summed E-state index contributed by atoms with van der Waals surface area (Å²) in [6.45, 7) is 7.37.